The fourth-order valence-corrected chi connectivity index (χ4v) is 1.79. The lowest BCUT2D eigenvalue weighted by atomic mass is 10.2. The summed E-state index contributed by atoms with van der Waals surface area (Å²) >= 11 is 0. The summed E-state index contributed by atoms with van der Waals surface area (Å²) in [6.45, 7) is 8.10. The maximum Gasteiger partial charge on any atom is 0.257 e. The van der Waals surface area contributed by atoms with Gasteiger partial charge in [0.05, 0.1) is 12.1 Å². The minimum absolute atomic E-state index is 0.0539. The van der Waals surface area contributed by atoms with Gasteiger partial charge in [0.15, 0.2) is 0 Å². The quantitative estimate of drug-likeness (QED) is 0.778. The third-order valence-corrected chi connectivity index (χ3v) is 2.70. The molecule has 2 aromatic rings. The van der Waals surface area contributed by atoms with Crippen molar-refractivity contribution in [3.05, 3.63) is 43.4 Å². The lowest BCUT2D eigenvalue weighted by Crippen LogP contribution is -2.32. The molecule has 0 aliphatic heterocycles. The molecule has 0 unspecified atom stereocenters. The number of carbonyl (C=O) groups excluding carboxylic acids is 1. The van der Waals surface area contributed by atoms with Crippen molar-refractivity contribution in [2.24, 2.45) is 0 Å². The first-order valence-electron chi connectivity index (χ1n) is 6.04. The molecule has 1 amide bonds. The zero-order chi connectivity index (χ0) is 14.5. The monoisotopic (exact) mass is 273 g/mol. The fraction of sp³-hybridized carbons (Fsp3) is 0.231. The number of carbonyl (C=O) groups is 1. The number of hydrogen-bond donors (Lipinski definition) is 1. The number of amides is 1. The van der Waals surface area contributed by atoms with Crippen LogP contribution in [0.2, 0.25) is 0 Å². The molecule has 1 N–H and O–H groups in total. The minimum Gasteiger partial charge on any atom is -0.494 e. The Kier molecular flexibility index (Phi) is 4.09. The Morgan fingerprint density at radius 1 is 1.40 bits per heavy atom. The third-order valence-electron chi connectivity index (χ3n) is 2.70. The van der Waals surface area contributed by atoms with Crippen LogP contribution in [0.25, 0.3) is 5.78 Å². The van der Waals surface area contributed by atoms with Crippen LogP contribution in [0.15, 0.2) is 37.7 Å². The second-order valence-corrected chi connectivity index (χ2v) is 4.16. The number of rotatable bonds is 6. The molecule has 0 aromatic carbocycles. The fourth-order valence-electron chi connectivity index (χ4n) is 1.79. The molecule has 0 radical (unpaired) electrons. The highest BCUT2D eigenvalue weighted by Gasteiger charge is 2.14. The Balaban J connectivity index is 2.19. The molecular weight excluding hydrogens is 258 g/mol. The summed E-state index contributed by atoms with van der Waals surface area (Å²) in [5, 5.41) is 17.2. The van der Waals surface area contributed by atoms with Crippen LogP contribution in [0.5, 0.6) is 5.88 Å². The SMILES string of the molecule is C=CCN(CC=C)C(=O)Cc1cc(O)n2cnnc2n1. The Bertz CT molecular complexity index is 639. The lowest BCUT2D eigenvalue weighted by Gasteiger charge is -2.19. The first-order valence-corrected chi connectivity index (χ1v) is 6.04. The van der Waals surface area contributed by atoms with Gasteiger partial charge in [-0.25, -0.2) is 9.38 Å². The standard InChI is InChI=1S/C13H15N5O2/c1-3-5-17(6-4-2)11(19)7-10-8-12(20)18-9-14-16-13(18)15-10/h3-4,8-9,20H,1-2,5-7H2. The molecule has 2 heterocycles. The molecule has 2 aromatic heterocycles. The second-order valence-electron chi connectivity index (χ2n) is 4.16. The highest BCUT2D eigenvalue weighted by molar-refractivity contribution is 5.78. The van der Waals surface area contributed by atoms with Crippen molar-refractivity contribution >= 4 is 11.7 Å². The molecule has 0 saturated heterocycles. The molecule has 0 bridgehead atoms. The van der Waals surface area contributed by atoms with Gasteiger partial charge in [-0.2, -0.15) is 0 Å². The number of hydrogen-bond acceptors (Lipinski definition) is 5. The van der Waals surface area contributed by atoms with E-state index in [1.54, 1.807) is 17.1 Å². The Morgan fingerprint density at radius 3 is 2.75 bits per heavy atom. The van der Waals surface area contributed by atoms with E-state index in [2.05, 4.69) is 28.3 Å². The molecule has 0 spiro atoms. The van der Waals surface area contributed by atoms with E-state index < -0.39 is 0 Å². The van der Waals surface area contributed by atoms with Gasteiger partial charge >= 0.3 is 0 Å². The summed E-state index contributed by atoms with van der Waals surface area (Å²) in [6.07, 6.45) is 4.71. The number of aromatic hydroxyl groups is 1. The van der Waals surface area contributed by atoms with Gasteiger partial charge in [-0.3, -0.25) is 4.79 Å². The topological polar surface area (TPSA) is 83.6 Å². The van der Waals surface area contributed by atoms with Crippen molar-refractivity contribution in [3.63, 3.8) is 0 Å². The summed E-state index contributed by atoms with van der Waals surface area (Å²) in [7, 11) is 0. The van der Waals surface area contributed by atoms with Gasteiger partial charge in [0.2, 0.25) is 11.8 Å². The van der Waals surface area contributed by atoms with Gasteiger partial charge in [-0.05, 0) is 0 Å². The van der Waals surface area contributed by atoms with Crippen LogP contribution in [0.4, 0.5) is 0 Å². The van der Waals surface area contributed by atoms with Gasteiger partial charge in [-0.1, -0.05) is 12.2 Å². The first kappa shape index (κ1) is 13.7. The highest BCUT2D eigenvalue weighted by Crippen LogP contribution is 2.13. The molecule has 104 valence electrons. The molecule has 2 rings (SSSR count). The van der Waals surface area contributed by atoms with E-state index in [1.165, 1.54) is 16.8 Å². The van der Waals surface area contributed by atoms with Crippen LogP contribution in [0, 0.1) is 0 Å². The first-order chi connectivity index (χ1) is 9.65. The average Bonchev–Trinajstić information content (AvgIpc) is 2.87. The zero-order valence-electron chi connectivity index (χ0n) is 10.9. The molecule has 0 atom stereocenters. The highest BCUT2D eigenvalue weighted by atomic mass is 16.3. The van der Waals surface area contributed by atoms with E-state index in [0.717, 1.165) is 0 Å². The molecule has 7 heteroatoms. The van der Waals surface area contributed by atoms with Gasteiger partial charge in [0.25, 0.3) is 5.78 Å². The normalized spacial score (nSPS) is 10.4. The zero-order valence-corrected chi connectivity index (χ0v) is 10.9. The molecule has 20 heavy (non-hydrogen) atoms. The Hall–Kier alpha value is -2.70. The Labute approximate surface area is 115 Å². The van der Waals surface area contributed by atoms with Gasteiger partial charge in [0.1, 0.15) is 6.33 Å². The maximum absolute atomic E-state index is 12.1. The molecular formula is C13H15N5O2. The molecule has 0 saturated carbocycles. The van der Waals surface area contributed by atoms with Crippen molar-refractivity contribution in [2.75, 3.05) is 13.1 Å². The van der Waals surface area contributed by atoms with E-state index in [0.29, 0.717) is 18.8 Å². The second kappa shape index (κ2) is 5.96. The number of fused-ring (bicyclic) bond motifs is 1. The van der Waals surface area contributed by atoms with Crippen LogP contribution in [0.3, 0.4) is 0 Å². The predicted octanol–water partition coefficient (Wildman–Crippen LogP) is 0.573. The summed E-state index contributed by atoms with van der Waals surface area (Å²) < 4.78 is 1.33. The van der Waals surface area contributed by atoms with E-state index in [1.807, 2.05) is 0 Å². The van der Waals surface area contributed by atoms with Crippen molar-refractivity contribution in [3.8, 4) is 5.88 Å². The smallest absolute Gasteiger partial charge is 0.257 e. The van der Waals surface area contributed by atoms with E-state index in [4.69, 9.17) is 0 Å². The van der Waals surface area contributed by atoms with Crippen molar-refractivity contribution in [1.29, 1.82) is 0 Å². The largest absolute Gasteiger partial charge is 0.494 e. The van der Waals surface area contributed by atoms with Crippen LogP contribution in [0.1, 0.15) is 5.69 Å². The minimum atomic E-state index is -0.124. The summed E-state index contributed by atoms with van der Waals surface area (Å²) in [4.78, 5) is 17.9. The number of aromatic nitrogens is 4. The Morgan fingerprint density at radius 2 is 2.10 bits per heavy atom. The van der Waals surface area contributed by atoms with Crippen LogP contribution in [-0.4, -0.2) is 48.6 Å². The molecule has 0 aliphatic carbocycles. The van der Waals surface area contributed by atoms with Crippen molar-refractivity contribution in [2.45, 2.75) is 6.42 Å². The summed E-state index contributed by atoms with van der Waals surface area (Å²) in [6, 6.07) is 1.42. The van der Waals surface area contributed by atoms with Crippen LogP contribution >= 0.6 is 0 Å². The van der Waals surface area contributed by atoms with Gasteiger partial charge in [-0.15, -0.1) is 23.4 Å². The summed E-state index contributed by atoms with van der Waals surface area (Å²) in [5.41, 5.74) is 0.436. The molecule has 0 aliphatic rings. The van der Waals surface area contributed by atoms with Gasteiger partial charge < -0.3 is 10.0 Å². The lowest BCUT2D eigenvalue weighted by molar-refractivity contribution is -0.129. The maximum atomic E-state index is 12.1. The molecule has 0 fully saturated rings. The number of nitrogens with zero attached hydrogens (tertiary/aromatic N) is 5. The average molecular weight is 273 g/mol. The molecule has 7 nitrogen and oxygen atoms in total. The van der Waals surface area contributed by atoms with Crippen LogP contribution < -0.4 is 0 Å². The van der Waals surface area contributed by atoms with Crippen molar-refractivity contribution < 1.29 is 9.90 Å². The van der Waals surface area contributed by atoms with Crippen LogP contribution in [-0.2, 0) is 11.2 Å². The summed E-state index contributed by atoms with van der Waals surface area (Å²) in [5.74, 6) is 0.0779. The van der Waals surface area contributed by atoms with Gasteiger partial charge in [0, 0.05) is 19.2 Å². The van der Waals surface area contributed by atoms with Crippen molar-refractivity contribution in [1.82, 2.24) is 24.5 Å². The van der Waals surface area contributed by atoms with E-state index in [-0.39, 0.29) is 24.0 Å². The van der Waals surface area contributed by atoms with E-state index >= 15 is 0 Å². The predicted molar refractivity (Wildman–Crippen MR) is 73.1 cm³/mol. The third kappa shape index (κ3) is 2.82. The van der Waals surface area contributed by atoms with E-state index in [9.17, 15) is 9.90 Å².